The molecule has 0 bridgehead atoms. The summed E-state index contributed by atoms with van der Waals surface area (Å²) >= 11 is 5.97. The Morgan fingerprint density at radius 3 is 3.00 bits per heavy atom. The number of aromatic nitrogens is 3. The van der Waals surface area contributed by atoms with Crippen LogP contribution >= 0.6 is 11.6 Å². The Kier molecular flexibility index (Phi) is 3.42. The van der Waals surface area contributed by atoms with E-state index < -0.39 is 0 Å². The summed E-state index contributed by atoms with van der Waals surface area (Å²) in [4.78, 5) is 11.4. The van der Waals surface area contributed by atoms with Crippen LogP contribution in [0.15, 0.2) is 24.5 Å². The van der Waals surface area contributed by atoms with E-state index in [1.807, 2.05) is 12.4 Å². The highest BCUT2D eigenvalue weighted by molar-refractivity contribution is 6.17. The topological polar surface area (TPSA) is 34.0 Å². The first-order chi connectivity index (χ1) is 9.30. The molecule has 0 unspecified atom stereocenters. The Morgan fingerprint density at radius 1 is 1.32 bits per heavy atom. The third kappa shape index (κ3) is 2.45. The van der Waals surface area contributed by atoms with Crippen LogP contribution in [0.4, 0.5) is 5.82 Å². The van der Waals surface area contributed by atoms with Crippen LogP contribution in [0.2, 0.25) is 0 Å². The molecular weight excluding hydrogens is 260 g/mol. The van der Waals surface area contributed by atoms with Crippen LogP contribution in [0.5, 0.6) is 0 Å². The van der Waals surface area contributed by atoms with Gasteiger partial charge in [-0.1, -0.05) is 6.92 Å². The average Bonchev–Trinajstić information content (AvgIpc) is 2.94. The molecule has 0 saturated heterocycles. The number of anilines is 1. The van der Waals surface area contributed by atoms with Crippen LogP contribution in [-0.4, -0.2) is 21.1 Å². The van der Waals surface area contributed by atoms with E-state index in [0.717, 1.165) is 49.0 Å². The molecule has 0 fully saturated rings. The van der Waals surface area contributed by atoms with Crippen LogP contribution < -0.4 is 4.90 Å². The Labute approximate surface area is 118 Å². The first-order valence-electron chi connectivity index (χ1n) is 6.61. The molecular formula is C14H17ClN4. The number of hydrogen-bond donors (Lipinski definition) is 0. The monoisotopic (exact) mass is 276 g/mol. The zero-order valence-corrected chi connectivity index (χ0v) is 11.8. The molecule has 3 heterocycles. The second-order valence-electron chi connectivity index (χ2n) is 4.77. The zero-order chi connectivity index (χ0) is 13.2. The van der Waals surface area contributed by atoms with Crippen LogP contribution in [0.1, 0.15) is 24.0 Å². The number of fused-ring (bicyclic) bond motifs is 1. The lowest BCUT2D eigenvalue weighted by molar-refractivity contribution is 0.555. The molecule has 2 aromatic heterocycles. The maximum atomic E-state index is 5.97. The summed E-state index contributed by atoms with van der Waals surface area (Å²) in [5.74, 6) is 2.65. The lowest BCUT2D eigenvalue weighted by Gasteiger charge is -2.29. The van der Waals surface area contributed by atoms with Gasteiger partial charge in [0.1, 0.15) is 11.6 Å². The van der Waals surface area contributed by atoms with E-state index in [-0.39, 0.29) is 0 Å². The summed E-state index contributed by atoms with van der Waals surface area (Å²) in [5.41, 5.74) is 2.24. The first-order valence-corrected chi connectivity index (χ1v) is 7.14. The van der Waals surface area contributed by atoms with Crippen molar-refractivity contribution >= 4 is 17.4 Å². The molecule has 19 heavy (non-hydrogen) atoms. The molecule has 0 aromatic carbocycles. The van der Waals surface area contributed by atoms with Crippen molar-refractivity contribution < 1.29 is 0 Å². The van der Waals surface area contributed by atoms with E-state index >= 15 is 0 Å². The molecule has 3 rings (SSSR count). The summed E-state index contributed by atoms with van der Waals surface area (Å²) in [5, 5.41) is 0. The number of rotatable bonds is 3. The lowest BCUT2D eigenvalue weighted by Crippen LogP contribution is -2.34. The highest BCUT2D eigenvalue weighted by Crippen LogP contribution is 2.21. The van der Waals surface area contributed by atoms with Crippen LogP contribution in [-0.2, 0) is 25.4 Å². The molecule has 0 aliphatic carbocycles. The summed E-state index contributed by atoms with van der Waals surface area (Å²) in [6.45, 7) is 4.86. The van der Waals surface area contributed by atoms with E-state index in [4.69, 9.17) is 16.6 Å². The minimum atomic E-state index is 0.533. The van der Waals surface area contributed by atoms with E-state index in [9.17, 15) is 0 Å². The van der Waals surface area contributed by atoms with Crippen molar-refractivity contribution in [2.24, 2.45) is 0 Å². The van der Waals surface area contributed by atoms with Gasteiger partial charge in [-0.2, -0.15) is 0 Å². The van der Waals surface area contributed by atoms with E-state index in [2.05, 4.69) is 33.5 Å². The first kappa shape index (κ1) is 12.5. The third-order valence-electron chi connectivity index (χ3n) is 3.51. The molecule has 4 nitrogen and oxygen atoms in total. The standard InChI is InChI=1S/C14H17ClN4/c1-2-12-7-11(9-15)8-13(17-12)19-6-5-18-4-3-16-14(18)10-19/h3-4,7-8H,2,5-6,9-10H2,1H3. The van der Waals surface area contributed by atoms with E-state index in [0.29, 0.717) is 5.88 Å². The smallest absolute Gasteiger partial charge is 0.129 e. The van der Waals surface area contributed by atoms with Gasteiger partial charge in [-0.15, -0.1) is 11.6 Å². The second kappa shape index (κ2) is 5.21. The molecule has 100 valence electrons. The Balaban J connectivity index is 1.90. The predicted octanol–water partition coefficient (Wildman–Crippen LogP) is 2.60. The quantitative estimate of drug-likeness (QED) is 0.808. The summed E-state index contributed by atoms with van der Waals surface area (Å²) in [7, 11) is 0. The number of alkyl halides is 1. The van der Waals surface area contributed by atoms with Crippen molar-refractivity contribution in [1.82, 2.24) is 14.5 Å². The summed E-state index contributed by atoms with van der Waals surface area (Å²) in [6.07, 6.45) is 4.83. The average molecular weight is 277 g/mol. The number of imidazole rings is 1. The predicted molar refractivity (Wildman–Crippen MR) is 76.4 cm³/mol. The Morgan fingerprint density at radius 2 is 2.21 bits per heavy atom. The fourth-order valence-corrected chi connectivity index (χ4v) is 2.58. The molecule has 0 atom stereocenters. The van der Waals surface area contributed by atoms with Crippen LogP contribution in [0, 0.1) is 0 Å². The highest BCUT2D eigenvalue weighted by atomic mass is 35.5. The van der Waals surface area contributed by atoms with Gasteiger partial charge in [0.25, 0.3) is 0 Å². The van der Waals surface area contributed by atoms with E-state index in [1.165, 1.54) is 0 Å². The van der Waals surface area contributed by atoms with Gasteiger partial charge in [0.05, 0.1) is 6.54 Å². The van der Waals surface area contributed by atoms with Crippen molar-refractivity contribution in [3.05, 3.63) is 41.6 Å². The van der Waals surface area contributed by atoms with Crippen molar-refractivity contribution in [2.45, 2.75) is 32.3 Å². The molecule has 0 saturated carbocycles. The molecule has 0 radical (unpaired) electrons. The minimum absolute atomic E-state index is 0.533. The maximum Gasteiger partial charge on any atom is 0.129 e. The van der Waals surface area contributed by atoms with Crippen LogP contribution in [0.25, 0.3) is 0 Å². The normalized spacial score (nSPS) is 14.5. The Hall–Kier alpha value is -1.55. The number of pyridine rings is 1. The summed E-state index contributed by atoms with van der Waals surface area (Å²) < 4.78 is 2.20. The maximum absolute atomic E-state index is 5.97. The fourth-order valence-electron chi connectivity index (χ4n) is 2.42. The zero-order valence-electron chi connectivity index (χ0n) is 11.0. The largest absolute Gasteiger partial charge is 0.347 e. The van der Waals surface area contributed by atoms with Gasteiger partial charge in [-0.05, 0) is 24.1 Å². The summed E-state index contributed by atoms with van der Waals surface area (Å²) in [6, 6.07) is 4.17. The van der Waals surface area contributed by atoms with Crippen molar-refractivity contribution in [3.8, 4) is 0 Å². The molecule has 0 amide bonds. The SMILES string of the molecule is CCc1cc(CCl)cc(N2CCn3ccnc3C2)n1. The molecule has 0 N–H and O–H groups in total. The van der Waals surface area contributed by atoms with Gasteiger partial charge in [0.15, 0.2) is 0 Å². The number of hydrogen-bond acceptors (Lipinski definition) is 3. The van der Waals surface area contributed by atoms with Gasteiger partial charge in [0.2, 0.25) is 0 Å². The lowest BCUT2D eigenvalue weighted by atomic mass is 10.2. The van der Waals surface area contributed by atoms with Gasteiger partial charge in [-0.25, -0.2) is 9.97 Å². The number of aryl methyl sites for hydroxylation is 1. The van der Waals surface area contributed by atoms with Gasteiger partial charge < -0.3 is 9.47 Å². The number of nitrogens with zero attached hydrogens (tertiary/aromatic N) is 4. The third-order valence-corrected chi connectivity index (χ3v) is 3.82. The van der Waals surface area contributed by atoms with E-state index in [1.54, 1.807) is 0 Å². The van der Waals surface area contributed by atoms with Crippen molar-refractivity contribution in [1.29, 1.82) is 0 Å². The second-order valence-corrected chi connectivity index (χ2v) is 5.04. The highest BCUT2D eigenvalue weighted by Gasteiger charge is 2.18. The molecule has 0 spiro atoms. The molecule has 5 heteroatoms. The molecule has 1 aliphatic heterocycles. The van der Waals surface area contributed by atoms with Crippen LogP contribution in [0.3, 0.4) is 0 Å². The van der Waals surface area contributed by atoms with Crippen molar-refractivity contribution in [3.63, 3.8) is 0 Å². The van der Waals surface area contributed by atoms with Gasteiger partial charge in [-0.3, -0.25) is 0 Å². The minimum Gasteiger partial charge on any atom is -0.347 e. The number of halogens is 1. The van der Waals surface area contributed by atoms with Gasteiger partial charge >= 0.3 is 0 Å². The van der Waals surface area contributed by atoms with Gasteiger partial charge in [0, 0.05) is 37.1 Å². The fraction of sp³-hybridized carbons (Fsp3) is 0.429. The molecule has 1 aliphatic rings. The van der Waals surface area contributed by atoms with Crippen molar-refractivity contribution in [2.75, 3.05) is 11.4 Å². The molecule has 2 aromatic rings. The Bertz CT molecular complexity index is 556.